The van der Waals surface area contributed by atoms with Gasteiger partial charge in [-0.2, -0.15) is 8.78 Å². The average molecular weight is 374 g/mol. The van der Waals surface area contributed by atoms with Crippen LogP contribution >= 0.6 is 0 Å². The minimum absolute atomic E-state index is 0.0521. The molecule has 0 radical (unpaired) electrons. The van der Waals surface area contributed by atoms with Crippen molar-refractivity contribution in [2.75, 3.05) is 5.32 Å². The van der Waals surface area contributed by atoms with E-state index in [2.05, 4.69) is 15.0 Å². The number of amides is 1. The molecule has 0 unspecified atom stereocenters. The van der Waals surface area contributed by atoms with Crippen molar-refractivity contribution in [3.63, 3.8) is 0 Å². The van der Waals surface area contributed by atoms with E-state index >= 15 is 0 Å². The number of nitrogens with one attached hydrogen (secondary N) is 2. The van der Waals surface area contributed by atoms with Crippen LogP contribution in [0.2, 0.25) is 0 Å². The van der Waals surface area contributed by atoms with Gasteiger partial charge in [0, 0.05) is 10.9 Å². The number of carbonyl (C=O) groups excluding carboxylic acids is 2. The maximum Gasteiger partial charge on any atom is 0.387 e. The van der Waals surface area contributed by atoms with Crippen LogP contribution in [0.15, 0.2) is 54.6 Å². The molecule has 1 amide bonds. The molecule has 3 aromatic rings. The summed E-state index contributed by atoms with van der Waals surface area (Å²) in [5.74, 6) is -1.56. The summed E-state index contributed by atoms with van der Waals surface area (Å²) in [4.78, 5) is 27.4. The molecule has 1 atom stereocenters. The summed E-state index contributed by atoms with van der Waals surface area (Å²) in [7, 11) is 0. The largest absolute Gasteiger partial charge is 0.448 e. The van der Waals surface area contributed by atoms with E-state index in [1.165, 1.54) is 25.1 Å². The average Bonchev–Trinajstić information content (AvgIpc) is 3.07. The Labute approximate surface area is 153 Å². The molecular formula is C19H16F2N2O4. The second-order valence-corrected chi connectivity index (χ2v) is 5.68. The SMILES string of the molecule is C[C@H](OC(=O)c1cc2ccccc2[nH]1)C(=O)Nc1ccccc1OC(F)F. The molecule has 0 saturated heterocycles. The van der Waals surface area contributed by atoms with Gasteiger partial charge in [0.1, 0.15) is 11.4 Å². The third kappa shape index (κ3) is 4.41. The topological polar surface area (TPSA) is 80.4 Å². The monoisotopic (exact) mass is 374 g/mol. The molecule has 2 N–H and O–H groups in total. The van der Waals surface area contributed by atoms with E-state index in [1.54, 1.807) is 12.1 Å². The smallest absolute Gasteiger partial charge is 0.387 e. The van der Waals surface area contributed by atoms with Crippen LogP contribution in [0.3, 0.4) is 0 Å². The third-order valence-corrected chi connectivity index (χ3v) is 3.76. The zero-order chi connectivity index (χ0) is 19.4. The van der Waals surface area contributed by atoms with Gasteiger partial charge in [0.25, 0.3) is 5.91 Å². The van der Waals surface area contributed by atoms with E-state index in [1.807, 2.05) is 24.3 Å². The van der Waals surface area contributed by atoms with Crippen molar-refractivity contribution in [3.8, 4) is 5.75 Å². The molecule has 3 rings (SSSR count). The van der Waals surface area contributed by atoms with Crippen molar-refractivity contribution >= 4 is 28.5 Å². The van der Waals surface area contributed by atoms with Gasteiger partial charge < -0.3 is 19.8 Å². The van der Waals surface area contributed by atoms with Crippen molar-refractivity contribution in [1.29, 1.82) is 0 Å². The van der Waals surface area contributed by atoms with Crippen LogP contribution in [0.1, 0.15) is 17.4 Å². The molecule has 8 heteroatoms. The lowest BCUT2D eigenvalue weighted by atomic mass is 10.2. The van der Waals surface area contributed by atoms with E-state index in [0.29, 0.717) is 0 Å². The van der Waals surface area contributed by atoms with E-state index in [4.69, 9.17) is 4.74 Å². The van der Waals surface area contributed by atoms with Gasteiger partial charge in [0.2, 0.25) is 0 Å². The Bertz CT molecular complexity index is 938. The molecular weight excluding hydrogens is 358 g/mol. The molecule has 0 aliphatic heterocycles. The number of hydrogen-bond donors (Lipinski definition) is 2. The Morgan fingerprint density at radius 2 is 1.78 bits per heavy atom. The van der Waals surface area contributed by atoms with Crippen LogP contribution < -0.4 is 10.1 Å². The van der Waals surface area contributed by atoms with Crippen LogP contribution in [-0.4, -0.2) is 29.6 Å². The maximum absolute atomic E-state index is 12.4. The Hall–Kier alpha value is -3.42. The number of halogens is 2. The predicted molar refractivity (Wildman–Crippen MR) is 94.9 cm³/mol. The highest BCUT2D eigenvalue weighted by molar-refractivity contribution is 5.99. The number of aromatic nitrogens is 1. The molecule has 6 nitrogen and oxygen atoms in total. The van der Waals surface area contributed by atoms with Crippen molar-refractivity contribution < 1.29 is 27.8 Å². The number of hydrogen-bond acceptors (Lipinski definition) is 4. The fraction of sp³-hybridized carbons (Fsp3) is 0.158. The molecule has 0 saturated carbocycles. The van der Waals surface area contributed by atoms with Crippen LogP contribution in [0.4, 0.5) is 14.5 Å². The van der Waals surface area contributed by atoms with Gasteiger partial charge in [0.05, 0.1) is 5.69 Å². The molecule has 2 aromatic carbocycles. The summed E-state index contributed by atoms with van der Waals surface area (Å²) >= 11 is 0. The highest BCUT2D eigenvalue weighted by Gasteiger charge is 2.21. The molecule has 1 aromatic heterocycles. The Morgan fingerprint density at radius 3 is 2.52 bits per heavy atom. The highest BCUT2D eigenvalue weighted by atomic mass is 19.3. The van der Waals surface area contributed by atoms with Gasteiger partial charge in [-0.1, -0.05) is 30.3 Å². The Balaban J connectivity index is 1.66. The quantitative estimate of drug-likeness (QED) is 0.640. The summed E-state index contributed by atoms with van der Waals surface area (Å²) in [6, 6.07) is 14.7. The summed E-state index contributed by atoms with van der Waals surface area (Å²) in [5.41, 5.74) is 1.02. The van der Waals surface area contributed by atoms with Gasteiger partial charge in [-0.15, -0.1) is 0 Å². The number of alkyl halides is 2. The molecule has 0 bridgehead atoms. The van der Waals surface area contributed by atoms with Crippen molar-refractivity contribution in [2.45, 2.75) is 19.6 Å². The van der Waals surface area contributed by atoms with Crippen molar-refractivity contribution in [2.24, 2.45) is 0 Å². The first-order chi connectivity index (χ1) is 12.9. The number of H-pyrrole nitrogens is 1. The second-order valence-electron chi connectivity index (χ2n) is 5.68. The number of rotatable bonds is 6. The first kappa shape index (κ1) is 18.4. The van der Waals surface area contributed by atoms with Crippen molar-refractivity contribution in [1.82, 2.24) is 4.98 Å². The van der Waals surface area contributed by atoms with Crippen LogP contribution in [0.25, 0.3) is 10.9 Å². The lowest BCUT2D eigenvalue weighted by Crippen LogP contribution is -2.30. The van der Waals surface area contributed by atoms with Crippen LogP contribution in [0, 0.1) is 0 Å². The highest BCUT2D eigenvalue weighted by Crippen LogP contribution is 2.25. The number of ether oxygens (including phenoxy) is 2. The van der Waals surface area contributed by atoms with E-state index < -0.39 is 24.6 Å². The Kier molecular flexibility index (Phi) is 5.35. The molecule has 140 valence electrons. The fourth-order valence-corrected chi connectivity index (χ4v) is 2.46. The van der Waals surface area contributed by atoms with E-state index in [9.17, 15) is 18.4 Å². The predicted octanol–water partition coefficient (Wildman–Crippen LogP) is 3.95. The van der Waals surface area contributed by atoms with Gasteiger partial charge in [-0.25, -0.2) is 4.79 Å². The molecule has 0 fully saturated rings. The minimum Gasteiger partial charge on any atom is -0.448 e. The normalized spacial score (nSPS) is 12.0. The molecule has 1 heterocycles. The third-order valence-electron chi connectivity index (χ3n) is 3.76. The number of aromatic amines is 1. The van der Waals surface area contributed by atoms with Gasteiger partial charge in [0.15, 0.2) is 6.10 Å². The van der Waals surface area contributed by atoms with Crippen LogP contribution in [-0.2, 0) is 9.53 Å². The number of benzene rings is 2. The van der Waals surface area contributed by atoms with Crippen molar-refractivity contribution in [3.05, 3.63) is 60.3 Å². The molecule has 0 aliphatic rings. The summed E-state index contributed by atoms with van der Waals surface area (Å²) in [6.07, 6.45) is -1.15. The molecule has 27 heavy (non-hydrogen) atoms. The minimum atomic E-state index is -3.03. The lowest BCUT2D eigenvalue weighted by molar-refractivity contribution is -0.123. The second kappa shape index (κ2) is 7.86. The lowest BCUT2D eigenvalue weighted by Gasteiger charge is -2.15. The summed E-state index contributed by atoms with van der Waals surface area (Å²) < 4.78 is 34.4. The summed E-state index contributed by atoms with van der Waals surface area (Å²) in [5, 5.41) is 3.25. The number of para-hydroxylation sites is 3. The zero-order valence-corrected chi connectivity index (χ0v) is 14.2. The van der Waals surface area contributed by atoms with Gasteiger partial charge in [-0.3, -0.25) is 4.79 Å². The number of esters is 1. The standard InChI is InChI=1S/C19H16F2N2O4/c1-11(17(24)23-14-8-4-5-9-16(14)27-19(20)21)26-18(25)15-10-12-6-2-3-7-13(12)22-15/h2-11,19,22H,1H3,(H,23,24)/t11-/m0/s1. The van der Waals surface area contributed by atoms with Gasteiger partial charge in [-0.05, 0) is 31.2 Å². The molecule has 0 aliphatic carbocycles. The first-order valence-corrected chi connectivity index (χ1v) is 8.07. The molecule has 0 spiro atoms. The maximum atomic E-state index is 12.4. The van der Waals surface area contributed by atoms with E-state index in [0.717, 1.165) is 10.9 Å². The Morgan fingerprint density at radius 1 is 1.07 bits per heavy atom. The van der Waals surface area contributed by atoms with Crippen LogP contribution in [0.5, 0.6) is 5.75 Å². The number of anilines is 1. The number of carbonyl (C=O) groups is 2. The number of fused-ring (bicyclic) bond motifs is 1. The first-order valence-electron chi connectivity index (χ1n) is 8.07. The zero-order valence-electron chi connectivity index (χ0n) is 14.2. The summed E-state index contributed by atoms with van der Waals surface area (Å²) in [6.45, 7) is -1.65. The van der Waals surface area contributed by atoms with Gasteiger partial charge >= 0.3 is 12.6 Å². The fourth-order valence-electron chi connectivity index (χ4n) is 2.46. The van der Waals surface area contributed by atoms with E-state index in [-0.39, 0.29) is 17.1 Å².